The van der Waals surface area contributed by atoms with E-state index in [4.69, 9.17) is 0 Å². The van der Waals surface area contributed by atoms with Crippen LogP contribution in [0.15, 0.2) is 72.8 Å². The fraction of sp³-hybridized carbons (Fsp3) is 0.143. The van der Waals surface area contributed by atoms with Crippen molar-refractivity contribution in [3.05, 3.63) is 107 Å². The van der Waals surface area contributed by atoms with E-state index in [9.17, 15) is 13.2 Å². The summed E-state index contributed by atoms with van der Waals surface area (Å²) < 4.78 is 42.4. The minimum Gasteiger partial charge on any atom is -0.207 e. The molecule has 0 spiro atoms. The topological polar surface area (TPSA) is 0 Å². The largest absolute Gasteiger partial charge is 0.207 e. The summed E-state index contributed by atoms with van der Waals surface area (Å²) in [5.74, 6) is 4.79. The Balaban J connectivity index is 1.56. The van der Waals surface area contributed by atoms with Crippen LogP contribution in [-0.2, 0) is 6.42 Å². The lowest BCUT2D eigenvalue weighted by Gasteiger charge is -2.08. The molecule has 4 rings (SSSR count). The Hall–Kier alpha value is -3.51. The molecule has 0 N–H and O–H groups in total. The Bertz CT molecular complexity index is 1270. The third kappa shape index (κ3) is 4.81. The Morgan fingerprint density at radius 1 is 0.677 bits per heavy atom. The number of unbranched alkanes of at least 4 members (excludes halogenated alkanes) is 1. The molecule has 0 saturated carbocycles. The molecule has 0 aromatic heterocycles. The maximum Gasteiger partial charge on any atom is 0.134 e. The lowest BCUT2D eigenvalue weighted by molar-refractivity contribution is 0.584. The van der Waals surface area contributed by atoms with Crippen LogP contribution in [0, 0.1) is 29.3 Å². The standard InChI is InChI=1S/C28H21F3/c1-2-3-4-21-16-26(30)28(27(31)17-21)22-10-7-19(8-11-22)5-6-20-9-12-24-18-25(29)14-13-23(24)15-20/h7-18H,2-4H2,1H3. The molecule has 0 aliphatic rings. The van der Waals surface area contributed by atoms with Crippen LogP contribution in [0.3, 0.4) is 0 Å². The van der Waals surface area contributed by atoms with Gasteiger partial charge in [0.2, 0.25) is 0 Å². The van der Waals surface area contributed by atoms with Gasteiger partial charge in [-0.2, -0.15) is 0 Å². The van der Waals surface area contributed by atoms with Crippen molar-refractivity contribution in [2.45, 2.75) is 26.2 Å². The van der Waals surface area contributed by atoms with Gasteiger partial charge in [0.05, 0.1) is 5.56 Å². The molecule has 0 aliphatic carbocycles. The molecule has 0 unspecified atom stereocenters. The smallest absolute Gasteiger partial charge is 0.134 e. The van der Waals surface area contributed by atoms with Gasteiger partial charge in [-0.3, -0.25) is 0 Å². The molecule has 4 aromatic carbocycles. The second-order valence-electron chi connectivity index (χ2n) is 7.57. The number of halogens is 3. The van der Waals surface area contributed by atoms with E-state index >= 15 is 0 Å². The average molecular weight is 414 g/mol. The zero-order chi connectivity index (χ0) is 21.8. The SMILES string of the molecule is CCCCc1cc(F)c(-c2ccc(C#Cc3ccc4cc(F)ccc4c3)cc2)c(F)c1. The van der Waals surface area contributed by atoms with Gasteiger partial charge in [-0.1, -0.05) is 49.5 Å². The predicted octanol–water partition coefficient (Wildman–Crippen LogP) is 7.67. The lowest BCUT2D eigenvalue weighted by Crippen LogP contribution is -1.95. The van der Waals surface area contributed by atoms with Crippen molar-refractivity contribution in [3.8, 4) is 23.0 Å². The van der Waals surface area contributed by atoms with Gasteiger partial charge in [0.15, 0.2) is 0 Å². The highest BCUT2D eigenvalue weighted by atomic mass is 19.1. The first-order chi connectivity index (χ1) is 15.0. The van der Waals surface area contributed by atoms with E-state index in [1.165, 1.54) is 24.3 Å². The van der Waals surface area contributed by atoms with Gasteiger partial charge >= 0.3 is 0 Å². The average Bonchev–Trinajstić information content (AvgIpc) is 2.76. The van der Waals surface area contributed by atoms with Gasteiger partial charge in [0.1, 0.15) is 17.5 Å². The number of aryl methyl sites for hydroxylation is 1. The molecule has 0 heterocycles. The molecular weight excluding hydrogens is 393 g/mol. The van der Waals surface area contributed by atoms with Crippen LogP contribution in [0.25, 0.3) is 21.9 Å². The fourth-order valence-electron chi connectivity index (χ4n) is 3.59. The van der Waals surface area contributed by atoms with E-state index in [2.05, 4.69) is 11.8 Å². The normalized spacial score (nSPS) is 10.7. The van der Waals surface area contributed by atoms with E-state index < -0.39 is 11.6 Å². The molecule has 154 valence electrons. The highest BCUT2D eigenvalue weighted by molar-refractivity contribution is 5.84. The molecule has 3 heteroatoms. The molecule has 0 fully saturated rings. The van der Waals surface area contributed by atoms with E-state index in [-0.39, 0.29) is 11.4 Å². The quantitative estimate of drug-likeness (QED) is 0.301. The Morgan fingerprint density at radius 3 is 2.00 bits per heavy atom. The highest BCUT2D eigenvalue weighted by Gasteiger charge is 2.13. The van der Waals surface area contributed by atoms with Crippen LogP contribution in [-0.4, -0.2) is 0 Å². The molecule has 31 heavy (non-hydrogen) atoms. The van der Waals surface area contributed by atoms with E-state index in [0.717, 1.165) is 34.7 Å². The molecule has 0 saturated heterocycles. The lowest BCUT2D eigenvalue weighted by atomic mass is 9.99. The van der Waals surface area contributed by atoms with Crippen molar-refractivity contribution in [2.75, 3.05) is 0 Å². The second-order valence-corrected chi connectivity index (χ2v) is 7.57. The van der Waals surface area contributed by atoms with Crippen molar-refractivity contribution < 1.29 is 13.2 Å². The molecular formula is C28H21F3. The zero-order valence-corrected chi connectivity index (χ0v) is 17.2. The van der Waals surface area contributed by atoms with Crippen LogP contribution in [0.2, 0.25) is 0 Å². The van der Waals surface area contributed by atoms with Crippen molar-refractivity contribution in [1.82, 2.24) is 0 Å². The van der Waals surface area contributed by atoms with Gasteiger partial charge in [-0.05, 0) is 83.3 Å². The molecule has 0 aliphatic heterocycles. The first-order valence-electron chi connectivity index (χ1n) is 10.3. The zero-order valence-electron chi connectivity index (χ0n) is 17.2. The van der Waals surface area contributed by atoms with Crippen LogP contribution in [0.5, 0.6) is 0 Å². The maximum absolute atomic E-state index is 14.6. The highest BCUT2D eigenvalue weighted by Crippen LogP contribution is 2.28. The van der Waals surface area contributed by atoms with Crippen molar-refractivity contribution >= 4 is 10.8 Å². The van der Waals surface area contributed by atoms with Crippen LogP contribution in [0.4, 0.5) is 13.2 Å². The molecule has 0 amide bonds. The molecule has 0 nitrogen and oxygen atoms in total. The number of rotatable bonds is 4. The van der Waals surface area contributed by atoms with Crippen LogP contribution in [0.1, 0.15) is 36.5 Å². The summed E-state index contributed by atoms with van der Waals surface area (Å²) in [5.41, 5.74) is 2.70. The Morgan fingerprint density at radius 2 is 1.29 bits per heavy atom. The summed E-state index contributed by atoms with van der Waals surface area (Å²) in [6, 6.07) is 19.9. The van der Waals surface area contributed by atoms with Crippen molar-refractivity contribution in [3.63, 3.8) is 0 Å². The molecule has 0 atom stereocenters. The van der Waals surface area contributed by atoms with E-state index in [1.807, 2.05) is 25.1 Å². The monoisotopic (exact) mass is 414 g/mol. The Kier molecular flexibility index (Phi) is 6.09. The van der Waals surface area contributed by atoms with Crippen molar-refractivity contribution in [1.29, 1.82) is 0 Å². The summed E-state index contributed by atoms with van der Waals surface area (Å²) in [6.07, 6.45) is 2.55. The minimum absolute atomic E-state index is 0.0125. The van der Waals surface area contributed by atoms with E-state index in [1.54, 1.807) is 30.3 Å². The molecule has 0 radical (unpaired) electrons. The van der Waals surface area contributed by atoms with Crippen molar-refractivity contribution in [2.24, 2.45) is 0 Å². The molecule has 0 bridgehead atoms. The van der Waals surface area contributed by atoms with Crippen LogP contribution >= 0.6 is 0 Å². The summed E-state index contributed by atoms with van der Waals surface area (Å²) in [7, 11) is 0. The van der Waals surface area contributed by atoms with Gasteiger partial charge in [-0.25, -0.2) is 13.2 Å². The summed E-state index contributed by atoms with van der Waals surface area (Å²) >= 11 is 0. The summed E-state index contributed by atoms with van der Waals surface area (Å²) in [4.78, 5) is 0. The maximum atomic E-state index is 14.6. The van der Waals surface area contributed by atoms with Gasteiger partial charge < -0.3 is 0 Å². The predicted molar refractivity (Wildman–Crippen MR) is 120 cm³/mol. The van der Waals surface area contributed by atoms with Crippen LogP contribution < -0.4 is 0 Å². The first-order valence-corrected chi connectivity index (χ1v) is 10.3. The minimum atomic E-state index is -0.544. The summed E-state index contributed by atoms with van der Waals surface area (Å²) in [6.45, 7) is 2.05. The fourth-order valence-corrected chi connectivity index (χ4v) is 3.59. The molecule has 4 aromatic rings. The number of hydrogen-bond donors (Lipinski definition) is 0. The third-order valence-corrected chi connectivity index (χ3v) is 5.25. The number of hydrogen-bond acceptors (Lipinski definition) is 0. The van der Waals surface area contributed by atoms with Gasteiger partial charge in [0, 0.05) is 11.1 Å². The second kappa shape index (κ2) is 9.10. The number of fused-ring (bicyclic) bond motifs is 1. The third-order valence-electron chi connectivity index (χ3n) is 5.25. The first kappa shape index (κ1) is 20.8. The van der Waals surface area contributed by atoms with Gasteiger partial charge in [-0.15, -0.1) is 0 Å². The van der Waals surface area contributed by atoms with E-state index in [0.29, 0.717) is 17.5 Å². The summed E-state index contributed by atoms with van der Waals surface area (Å²) in [5, 5.41) is 1.73. The van der Waals surface area contributed by atoms with Gasteiger partial charge in [0.25, 0.3) is 0 Å². The Labute approximate surface area is 180 Å². The number of benzene rings is 4.